The molecule has 2 aromatic rings. The van der Waals surface area contributed by atoms with E-state index in [-0.39, 0.29) is 25.4 Å². The standard InChI is InChI=1S/C6H4N2O3SSe/c9-12(10,11)5-3-1-2-4-6(5)8-13-7-4/h1-3H,(H,9,10,11). The van der Waals surface area contributed by atoms with Gasteiger partial charge in [0.1, 0.15) is 0 Å². The Morgan fingerprint density at radius 2 is 2.08 bits per heavy atom. The van der Waals surface area contributed by atoms with E-state index < -0.39 is 10.1 Å². The zero-order valence-electron chi connectivity index (χ0n) is 6.21. The van der Waals surface area contributed by atoms with Crippen LogP contribution in [-0.4, -0.2) is 35.9 Å². The van der Waals surface area contributed by atoms with Gasteiger partial charge in [0, 0.05) is 0 Å². The molecule has 1 heterocycles. The molecule has 0 fully saturated rings. The second-order valence-electron chi connectivity index (χ2n) is 2.36. The van der Waals surface area contributed by atoms with E-state index in [0.29, 0.717) is 5.52 Å². The second-order valence-corrected chi connectivity index (χ2v) is 4.86. The average molecular weight is 263 g/mol. The molecule has 0 aliphatic rings. The van der Waals surface area contributed by atoms with Crippen molar-refractivity contribution in [1.29, 1.82) is 0 Å². The normalized spacial score (nSPS) is 12.1. The van der Waals surface area contributed by atoms with Crippen molar-refractivity contribution in [3.8, 4) is 0 Å². The fourth-order valence-corrected chi connectivity index (χ4v) is 2.92. The van der Waals surface area contributed by atoms with Gasteiger partial charge in [0.25, 0.3) is 0 Å². The predicted octanol–water partition coefficient (Wildman–Crippen LogP) is -0.0665. The SMILES string of the molecule is O=S(=O)(O)c1cccc2n[se]nc12. The van der Waals surface area contributed by atoms with Gasteiger partial charge in [0.05, 0.1) is 0 Å². The molecular weight excluding hydrogens is 259 g/mol. The van der Waals surface area contributed by atoms with Crippen LogP contribution in [0.1, 0.15) is 0 Å². The van der Waals surface area contributed by atoms with E-state index in [9.17, 15) is 8.42 Å². The first-order chi connectivity index (χ1) is 6.09. The number of aromatic nitrogens is 2. The first-order valence-corrected chi connectivity index (χ1v) is 6.25. The molecule has 5 nitrogen and oxygen atoms in total. The summed E-state index contributed by atoms with van der Waals surface area (Å²) >= 11 is -0.289. The Morgan fingerprint density at radius 1 is 1.31 bits per heavy atom. The van der Waals surface area contributed by atoms with Gasteiger partial charge in [-0.2, -0.15) is 0 Å². The fourth-order valence-electron chi connectivity index (χ4n) is 0.990. The van der Waals surface area contributed by atoms with Crippen molar-refractivity contribution in [1.82, 2.24) is 7.96 Å². The summed E-state index contributed by atoms with van der Waals surface area (Å²) in [5.41, 5.74) is 0.820. The van der Waals surface area contributed by atoms with Crippen LogP contribution in [0.15, 0.2) is 23.1 Å². The summed E-state index contributed by atoms with van der Waals surface area (Å²) in [6.07, 6.45) is 0. The van der Waals surface area contributed by atoms with Gasteiger partial charge in [-0.1, -0.05) is 0 Å². The fraction of sp³-hybridized carbons (Fsp3) is 0. The molecule has 0 amide bonds. The van der Waals surface area contributed by atoms with E-state index in [0.717, 1.165) is 0 Å². The van der Waals surface area contributed by atoms with Crippen LogP contribution in [-0.2, 0) is 10.1 Å². The summed E-state index contributed by atoms with van der Waals surface area (Å²) < 4.78 is 38.5. The summed E-state index contributed by atoms with van der Waals surface area (Å²) in [5.74, 6) is 0. The molecule has 13 heavy (non-hydrogen) atoms. The van der Waals surface area contributed by atoms with E-state index in [2.05, 4.69) is 7.96 Å². The Balaban J connectivity index is 2.91. The first-order valence-electron chi connectivity index (χ1n) is 3.28. The van der Waals surface area contributed by atoms with Gasteiger partial charge < -0.3 is 0 Å². The second kappa shape index (κ2) is 2.88. The molecule has 0 aliphatic carbocycles. The average Bonchev–Trinajstić information content (AvgIpc) is 2.48. The Hall–Kier alpha value is -0.751. The Kier molecular flexibility index (Phi) is 1.96. The zero-order valence-corrected chi connectivity index (χ0v) is 8.74. The molecule has 0 bridgehead atoms. The molecule has 0 aliphatic heterocycles. The van der Waals surface area contributed by atoms with Crippen LogP contribution in [0.3, 0.4) is 0 Å². The summed E-state index contributed by atoms with van der Waals surface area (Å²) in [6, 6.07) is 4.51. The number of hydrogen-bond donors (Lipinski definition) is 1. The minimum absolute atomic E-state index is 0.159. The molecule has 1 N–H and O–H groups in total. The summed E-state index contributed by atoms with van der Waals surface area (Å²) in [6.45, 7) is 0. The van der Waals surface area contributed by atoms with Crippen LogP contribution in [0.4, 0.5) is 0 Å². The van der Waals surface area contributed by atoms with Crippen LogP contribution in [0.25, 0.3) is 11.0 Å². The van der Waals surface area contributed by atoms with Crippen molar-refractivity contribution in [2.75, 3.05) is 0 Å². The van der Waals surface area contributed by atoms with Gasteiger partial charge in [0.2, 0.25) is 0 Å². The van der Waals surface area contributed by atoms with E-state index in [1.165, 1.54) is 12.1 Å². The van der Waals surface area contributed by atoms with Crippen LogP contribution >= 0.6 is 0 Å². The van der Waals surface area contributed by atoms with Gasteiger partial charge in [-0.25, -0.2) is 0 Å². The third kappa shape index (κ3) is 1.51. The Labute approximate surface area is 80.4 Å². The predicted molar refractivity (Wildman–Crippen MR) is 46.3 cm³/mol. The van der Waals surface area contributed by atoms with Gasteiger partial charge in [-0.15, -0.1) is 0 Å². The number of hydrogen-bond acceptors (Lipinski definition) is 4. The van der Waals surface area contributed by atoms with Crippen molar-refractivity contribution in [3.05, 3.63) is 18.2 Å². The minimum atomic E-state index is -4.17. The van der Waals surface area contributed by atoms with E-state index in [4.69, 9.17) is 4.55 Å². The van der Waals surface area contributed by atoms with E-state index in [1.54, 1.807) is 6.07 Å². The molecule has 68 valence electrons. The molecule has 0 saturated carbocycles. The van der Waals surface area contributed by atoms with Gasteiger partial charge >= 0.3 is 80.1 Å². The molecule has 2 rings (SSSR count). The molecule has 1 aromatic heterocycles. The number of fused-ring (bicyclic) bond motifs is 1. The molecule has 0 saturated heterocycles. The monoisotopic (exact) mass is 264 g/mol. The number of benzene rings is 1. The Bertz CT molecular complexity index is 548. The third-order valence-electron chi connectivity index (χ3n) is 1.53. The molecule has 1 aromatic carbocycles. The van der Waals surface area contributed by atoms with Crippen LogP contribution in [0.2, 0.25) is 0 Å². The third-order valence-corrected chi connectivity index (χ3v) is 3.55. The molecular formula is C6H4N2O3SSe. The van der Waals surface area contributed by atoms with Crippen LogP contribution in [0, 0.1) is 0 Å². The Morgan fingerprint density at radius 3 is 2.77 bits per heavy atom. The molecule has 0 atom stereocenters. The summed E-state index contributed by atoms with van der Waals surface area (Å²) in [4.78, 5) is -0.159. The van der Waals surface area contributed by atoms with Crippen molar-refractivity contribution < 1.29 is 13.0 Å². The van der Waals surface area contributed by atoms with Gasteiger partial charge in [-0.3, -0.25) is 0 Å². The molecule has 0 unspecified atom stereocenters. The van der Waals surface area contributed by atoms with Crippen molar-refractivity contribution in [2.45, 2.75) is 4.90 Å². The van der Waals surface area contributed by atoms with Crippen molar-refractivity contribution in [2.24, 2.45) is 0 Å². The quantitative estimate of drug-likeness (QED) is 0.575. The van der Waals surface area contributed by atoms with Gasteiger partial charge in [0.15, 0.2) is 0 Å². The van der Waals surface area contributed by atoms with E-state index >= 15 is 0 Å². The van der Waals surface area contributed by atoms with Crippen molar-refractivity contribution >= 4 is 36.1 Å². The molecule has 0 radical (unpaired) electrons. The maximum atomic E-state index is 10.9. The molecule has 7 heteroatoms. The first kappa shape index (κ1) is 8.83. The van der Waals surface area contributed by atoms with Crippen molar-refractivity contribution in [3.63, 3.8) is 0 Å². The molecule has 0 spiro atoms. The van der Waals surface area contributed by atoms with Crippen LogP contribution in [0.5, 0.6) is 0 Å². The summed E-state index contributed by atoms with van der Waals surface area (Å²) in [7, 11) is -4.17. The summed E-state index contributed by atoms with van der Waals surface area (Å²) in [5, 5.41) is 0. The maximum absolute atomic E-state index is 10.9. The van der Waals surface area contributed by atoms with Gasteiger partial charge in [-0.05, 0) is 0 Å². The zero-order chi connectivity index (χ0) is 9.47. The topological polar surface area (TPSA) is 80.2 Å². The number of rotatable bonds is 1. The van der Waals surface area contributed by atoms with Crippen LogP contribution < -0.4 is 0 Å². The van der Waals surface area contributed by atoms with E-state index in [1.807, 2.05) is 0 Å². The number of nitrogens with zero attached hydrogens (tertiary/aromatic N) is 2.